The van der Waals surface area contributed by atoms with Gasteiger partial charge in [-0.15, -0.1) is 0 Å². The Kier molecular flexibility index (Phi) is 5.34. The van der Waals surface area contributed by atoms with Gasteiger partial charge in [0.1, 0.15) is 6.33 Å². The topological polar surface area (TPSA) is 93.0 Å². The van der Waals surface area contributed by atoms with E-state index in [-0.39, 0.29) is 22.1 Å². The average molecular weight is 285 g/mol. The van der Waals surface area contributed by atoms with Crippen molar-refractivity contribution in [3.63, 3.8) is 0 Å². The average Bonchev–Trinajstić information content (AvgIpc) is 2.36. The lowest BCUT2D eigenvalue weighted by atomic mass is 10.2. The summed E-state index contributed by atoms with van der Waals surface area (Å²) in [5.74, 6) is 0.491. The molecule has 0 aromatic carbocycles. The first-order valence-corrected chi connectivity index (χ1v) is 7.16. The van der Waals surface area contributed by atoms with Gasteiger partial charge in [-0.2, -0.15) is 11.8 Å². The molecule has 0 fully saturated rings. The maximum absolute atomic E-state index is 11.2. The van der Waals surface area contributed by atoms with Crippen molar-refractivity contribution >= 4 is 29.1 Å². The predicted octanol–water partition coefficient (Wildman–Crippen LogP) is 2.37. The third-order valence-corrected chi connectivity index (χ3v) is 3.83. The van der Waals surface area contributed by atoms with Crippen LogP contribution in [0.2, 0.25) is 0 Å². The largest absolute Gasteiger partial charge is 0.364 e. The summed E-state index contributed by atoms with van der Waals surface area (Å²) in [5, 5.41) is 17.1. The van der Waals surface area contributed by atoms with Crippen LogP contribution < -0.4 is 10.6 Å². The van der Waals surface area contributed by atoms with Crippen molar-refractivity contribution in [2.75, 3.05) is 30.0 Å². The molecule has 0 spiro atoms. The van der Waals surface area contributed by atoms with Crippen molar-refractivity contribution in [2.45, 2.75) is 25.5 Å². The second kappa shape index (κ2) is 6.55. The maximum Gasteiger partial charge on any atom is 0.353 e. The Labute approximate surface area is 116 Å². The Morgan fingerprint density at radius 3 is 2.42 bits per heavy atom. The Balaban J connectivity index is 3.00. The third-order valence-electron chi connectivity index (χ3n) is 2.58. The van der Waals surface area contributed by atoms with E-state index in [0.29, 0.717) is 13.1 Å². The van der Waals surface area contributed by atoms with Gasteiger partial charge < -0.3 is 10.6 Å². The van der Waals surface area contributed by atoms with Gasteiger partial charge in [-0.25, -0.2) is 9.97 Å². The molecule has 2 N–H and O–H groups in total. The number of rotatable bonds is 7. The molecule has 0 aliphatic heterocycles. The molecule has 0 atom stereocenters. The molecule has 0 saturated carbocycles. The molecule has 8 heteroatoms. The van der Waals surface area contributed by atoms with E-state index in [1.807, 2.05) is 13.2 Å². The quantitative estimate of drug-likeness (QED) is 0.586. The number of hydrogen-bond donors (Lipinski definition) is 2. The van der Waals surface area contributed by atoms with Crippen LogP contribution in [0, 0.1) is 10.1 Å². The van der Waals surface area contributed by atoms with E-state index in [0.717, 1.165) is 0 Å². The van der Waals surface area contributed by atoms with E-state index in [9.17, 15) is 10.1 Å². The van der Waals surface area contributed by atoms with Crippen LogP contribution in [0.1, 0.15) is 20.8 Å². The SMILES string of the molecule is CCNc1ncnc(NCC(C)(C)SC)c1[N+](=O)[O-]. The lowest BCUT2D eigenvalue weighted by Crippen LogP contribution is -2.26. The van der Waals surface area contributed by atoms with Crippen molar-refractivity contribution in [2.24, 2.45) is 0 Å². The van der Waals surface area contributed by atoms with Gasteiger partial charge in [0.2, 0.25) is 11.6 Å². The molecule has 1 aromatic heterocycles. The van der Waals surface area contributed by atoms with Crippen LogP contribution in [0.3, 0.4) is 0 Å². The Bertz CT molecular complexity index is 453. The lowest BCUT2D eigenvalue weighted by molar-refractivity contribution is -0.383. The summed E-state index contributed by atoms with van der Waals surface area (Å²) in [7, 11) is 0. The lowest BCUT2D eigenvalue weighted by Gasteiger charge is -2.22. The van der Waals surface area contributed by atoms with Crippen LogP contribution >= 0.6 is 11.8 Å². The highest BCUT2D eigenvalue weighted by Gasteiger charge is 2.24. The van der Waals surface area contributed by atoms with E-state index in [1.54, 1.807) is 11.8 Å². The van der Waals surface area contributed by atoms with Gasteiger partial charge in [-0.3, -0.25) is 10.1 Å². The first-order valence-electron chi connectivity index (χ1n) is 5.93. The number of aromatic nitrogens is 2. The van der Waals surface area contributed by atoms with Crippen LogP contribution in [0.25, 0.3) is 0 Å². The molecule has 0 aliphatic rings. The zero-order valence-electron chi connectivity index (χ0n) is 11.6. The summed E-state index contributed by atoms with van der Waals surface area (Å²) in [5.41, 5.74) is -0.110. The minimum Gasteiger partial charge on any atom is -0.364 e. The standard InChI is InChI=1S/C11H19N5O2S/c1-5-12-9-8(16(17)18)10(15-7-14-9)13-6-11(2,3)19-4/h7H,5-6H2,1-4H3,(H2,12,13,14,15). The molecule has 1 rings (SSSR count). The van der Waals surface area contributed by atoms with E-state index >= 15 is 0 Å². The summed E-state index contributed by atoms with van der Waals surface area (Å²) < 4.78 is -0.0306. The van der Waals surface area contributed by atoms with Crippen LogP contribution in [0.15, 0.2) is 6.33 Å². The highest BCUT2D eigenvalue weighted by Crippen LogP contribution is 2.30. The number of nitro groups is 1. The molecule has 0 radical (unpaired) electrons. The Hall–Kier alpha value is -1.57. The van der Waals surface area contributed by atoms with Crippen LogP contribution in [0.4, 0.5) is 17.3 Å². The first-order chi connectivity index (χ1) is 8.91. The van der Waals surface area contributed by atoms with Crippen molar-refractivity contribution in [3.05, 3.63) is 16.4 Å². The molecule has 0 aliphatic carbocycles. The molecule has 7 nitrogen and oxygen atoms in total. The van der Waals surface area contributed by atoms with Crippen LogP contribution in [0.5, 0.6) is 0 Å². The second-order valence-corrected chi connectivity index (χ2v) is 6.04. The molecule has 106 valence electrons. The molecule has 0 saturated heterocycles. The van der Waals surface area contributed by atoms with Crippen molar-refractivity contribution in [1.29, 1.82) is 0 Å². The van der Waals surface area contributed by atoms with Gasteiger partial charge >= 0.3 is 5.69 Å². The number of anilines is 2. The highest BCUT2D eigenvalue weighted by molar-refractivity contribution is 7.99. The fourth-order valence-electron chi connectivity index (χ4n) is 1.35. The van der Waals surface area contributed by atoms with Gasteiger partial charge in [0.15, 0.2) is 0 Å². The maximum atomic E-state index is 11.2. The molecule has 1 heterocycles. The van der Waals surface area contributed by atoms with E-state index in [1.165, 1.54) is 6.33 Å². The summed E-state index contributed by atoms with van der Waals surface area (Å²) in [4.78, 5) is 18.6. The predicted molar refractivity (Wildman–Crippen MR) is 78.9 cm³/mol. The number of nitrogens with zero attached hydrogens (tertiary/aromatic N) is 3. The molecular weight excluding hydrogens is 266 g/mol. The molecule has 1 aromatic rings. The number of thioether (sulfide) groups is 1. The molecular formula is C11H19N5O2S. The summed E-state index contributed by atoms with van der Waals surface area (Å²) in [6.07, 6.45) is 3.32. The van der Waals surface area contributed by atoms with E-state index in [2.05, 4.69) is 34.4 Å². The minimum absolute atomic E-state index is 0.0306. The second-order valence-electron chi connectivity index (χ2n) is 4.52. The van der Waals surface area contributed by atoms with Gasteiger partial charge in [0, 0.05) is 17.8 Å². The fraction of sp³-hybridized carbons (Fsp3) is 0.636. The van der Waals surface area contributed by atoms with Crippen LogP contribution in [-0.2, 0) is 0 Å². The van der Waals surface area contributed by atoms with Gasteiger partial charge in [0.05, 0.1) is 4.92 Å². The van der Waals surface area contributed by atoms with Crippen molar-refractivity contribution in [3.8, 4) is 0 Å². The molecule has 0 bridgehead atoms. The van der Waals surface area contributed by atoms with E-state index in [4.69, 9.17) is 0 Å². The van der Waals surface area contributed by atoms with Gasteiger partial charge in [-0.1, -0.05) is 0 Å². The monoisotopic (exact) mass is 285 g/mol. The first kappa shape index (κ1) is 15.5. The molecule has 0 amide bonds. The summed E-state index contributed by atoms with van der Waals surface area (Å²) in [6.45, 7) is 7.12. The fourth-order valence-corrected chi connectivity index (χ4v) is 1.56. The van der Waals surface area contributed by atoms with Gasteiger partial charge in [0.25, 0.3) is 0 Å². The zero-order chi connectivity index (χ0) is 14.5. The molecule has 19 heavy (non-hydrogen) atoms. The van der Waals surface area contributed by atoms with Crippen LogP contribution in [-0.4, -0.2) is 39.0 Å². The zero-order valence-corrected chi connectivity index (χ0v) is 12.4. The minimum atomic E-state index is -0.466. The molecule has 0 unspecified atom stereocenters. The van der Waals surface area contributed by atoms with Crippen molar-refractivity contribution in [1.82, 2.24) is 9.97 Å². The Morgan fingerprint density at radius 2 is 1.95 bits per heavy atom. The number of nitrogens with one attached hydrogen (secondary N) is 2. The Morgan fingerprint density at radius 1 is 1.37 bits per heavy atom. The summed E-state index contributed by atoms with van der Waals surface area (Å²) >= 11 is 1.68. The van der Waals surface area contributed by atoms with E-state index < -0.39 is 4.92 Å². The van der Waals surface area contributed by atoms with Gasteiger partial charge in [-0.05, 0) is 27.0 Å². The highest BCUT2D eigenvalue weighted by atomic mass is 32.2. The number of hydrogen-bond acceptors (Lipinski definition) is 7. The smallest absolute Gasteiger partial charge is 0.353 e. The van der Waals surface area contributed by atoms with Crippen molar-refractivity contribution < 1.29 is 4.92 Å². The summed E-state index contributed by atoms with van der Waals surface area (Å²) in [6, 6.07) is 0. The third kappa shape index (κ3) is 4.23. The normalized spacial score (nSPS) is 11.2.